The molecule has 19 heavy (non-hydrogen) atoms. The maximum absolute atomic E-state index is 12.0. The zero-order valence-corrected chi connectivity index (χ0v) is 13.7. The van der Waals surface area contributed by atoms with Crippen molar-refractivity contribution in [1.29, 1.82) is 0 Å². The number of carbonyl (C=O) groups is 1. The monoisotopic (exact) mass is 276 g/mol. The molecule has 0 aliphatic carbocycles. The van der Waals surface area contributed by atoms with E-state index in [0.717, 1.165) is 19.0 Å². The number of hydrogen-bond donors (Lipinski definition) is 0. The number of Topliss-reactive ketones (excluding diaryl/α,β-unsaturated/α-hetero) is 1. The van der Waals surface area contributed by atoms with Crippen LogP contribution in [0.5, 0.6) is 0 Å². The lowest BCUT2D eigenvalue weighted by Gasteiger charge is -2.49. The standard InChI is InChI=1S/C17H25OP/c1-13-8-6-7-9-14(13)12-19-16(2,3)10-15(18)11-17(19,4)5/h6-9H,10-12H2,1-5H3. The van der Waals surface area contributed by atoms with Gasteiger partial charge in [-0.05, 0) is 34.5 Å². The van der Waals surface area contributed by atoms with Gasteiger partial charge >= 0.3 is 0 Å². The molecule has 0 amide bonds. The Labute approximate surface area is 118 Å². The zero-order chi connectivity index (χ0) is 14.3. The van der Waals surface area contributed by atoms with Crippen LogP contribution in [0.1, 0.15) is 51.7 Å². The molecular weight excluding hydrogens is 251 g/mol. The van der Waals surface area contributed by atoms with Crippen LogP contribution in [0.3, 0.4) is 0 Å². The van der Waals surface area contributed by atoms with Gasteiger partial charge < -0.3 is 0 Å². The third-order valence-corrected chi connectivity index (χ3v) is 8.21. The molecule has 0 aromatic heterocycles. The molecule has 0 bridgehead atoms. The van der Waals surface area contributed by atoms with Gasteiger partial charge in [0.15, 0.2) is 0 Å². The Bertz CT molecular complexity index is 468. The van der Waals surface area contributed by atoms with Crippen molar-refractivity contribution in [1.82, 2.24) is 0 Å². The normalized spacial score (nSPS) is 22.5. The van der Waals surface area contributed by atoms with Crippen LogP contribution in [0.2, 0.25) is 0 Å². The molecule has 0 N–H and O–H groups in total. The number of carbonyl (C=O) groups excluding carboxylic acids is 1. The molecule has 1 heterocycles. The zero-order valence-electron chi connectivity index (χ0n) is 12.8. The number of rotatable bonds is 2. The van der Waals surface area contributed by atoms with Crippen LogP contribution >= 0.6 is 7.92 Å². The van der Waals surface area contributed by atoms with Gasteiger partial charge in [-0.3, -0.25) is 4.79 Å². The second-order valence-corrected chi connectivity index (χ2v) is 10.6. The van der Waals surface area contributed by atoms with Crippen LogP contribution in [0.15, 0.2) is 24.3 Å². The van der Waals surface area contributed by atoms with E-state index >= 15 is 0 Å². The Kier molecular flexibility index (Phi) is 3.89. The highest BCUT2D eigenvalue weighted by Crippen LogP contribution is 2.66. The molecular formula is C17H25OP. The minimum atomic E-state index is -0.198. The predicted octanol–water partition coefficient (Wildman–Crippen LogP) is 4.90. The number of hydrogen-bond acceptors (Lipinski definition) is 1. The van der Waals surface area contributed by atoms with Crippen molar-refractivity contribution in [3.63, 3.8) is 0 Å². The molecule has 0 atom stereocenters. The molecule has 1 fully saturated rings. The van der Waals surface area contributed by atoms with Gasteiger partial charge in [-0.2, -0.15) is 0 Å². The second-order valence-electron chi connectivity index (χ2n) is 7.03. The first kappa shape index (κ1) is 14.7. The molecule has 2 rings (SSSR count). The van der Waals surface area contributed by atoms with Crippen LogP contribution in [0.25, 0.3) is 0 Å². The van der Waals surface area contributed by atoms with Crippen molar-refractivity contribution < 1.29 is 4.79 Å². The molecule has 0 spiro atoms. The van der Waals surface area contributed by atoms with E-state index in [1.165, 1.54) is 11.1 Å². The fourth-order valence-electron chi connectivity index (χ4n) is 3.42. The molecule has 1 aromatic rings. The lowest BCUT2D eigenvalue weighted by molar-refractivity contribution is -0.120. The fraction of sp³-hybridized carbons (Fsp3) is 0.588. The first-order chi connectivity index (χ1) is 8.72. The molecule has 1 aliphatic heterocycles. The summed E-state index contributed by atoms with van der Waals surface area (Å²) >= 11 is 0. The summed E-state index contributed by atoms with van der Waals surface area (Å²) in [6, 6.07) is 8.68. The van der Waals surface area contributed by atoms with E-state index in [1.54, 1.807) is 0 Å². The average Bonchev–Trinajstić information content (AvgIpc) is 2.23. The van der Waals surface area contributed by atoms with E-state index in [0.29, 0.717) is 5.78 Å². The highest BCUT2D eigenvalue weighted by Gasteiger charge is 2.46. The van der Waals surface area contributed by atoms with E-state index in [-0.39, 0.29) is 18.2 Å². The summed E-state index contributed by atoms with van der Waals surface area (Å²) in [5.41, 5.74) is 2.85. The first-order valence-corrected chi connectivity index (χ1v) is 8.59. The van der Waals surface area contributed by atoms with Crippen LogP contribution in [-0.4, -0.2) is 16.1 Å². The molecule has 0 radical (unpaired) electrons. The highest BCUT2D eigenvalue weighted by atomic mass is 31.1. The van der Waals surface area contributed by atoms with Gasteiger partial charge in [0.1, 0.15) is 5.78 Å². The summed E-state index contributed by atoms with van der Waals surface area (Å²) in [7, 11) is -0.198. The maximum atomic E-state index is 12.0. The Morgan fingerprint density at radius 3 is 2.11 bits per heavy atom. The van der Waals surface area contributed by atoms with Crippen LogP contribution < -0.4 is 0 Å². The molecule has 104 valence electrons. The smallest absolute Gasteiger partial charge is 0.134 e. The quantitative estimate of drug-likeness (QED) is 0.702. The number of benzene rings is 1. The van der Waals surface area contributed by atoms with Crippen molar-refractivity contribution in [2.75, 3.05) is 0 Å². The summed E-state index contributed by atoms with van der Waals surface area (Å²) in [6.45, 7) is 11.3. The van der Waals surface area contributed by atoms with Crippen LogP contribution in [0.4, 0.5) is 0 Å². The van der Waals surface area contributed by atoms with Crippen molar-refractivity contribution in [3.8, 4) is 0 Å². The van der Waals surface area contributed by atoms with E-state index < -0.39 is 0 Å². The highest BCUT2D eigenvalue weighted by molar-refractivity contribution is 7.60. The van der Waals surface area contributed by atoms with E-state index in [9.17, 15) is 4.79 Å². The van der Waals surface area contributed by atoms with Gasteiger partial charge in [-0.15, -0.1) is 0 Å². The lowest BCUT2D eigenvalue weighted by Crippen LogP contribution is -2.40. The minimum absolute atomic E-state index is 0.163. The average molecular weight is 276 g/mol. The van der Waals surface area contributed by atoms with Gasteiger partial charge in [0.25, 0.3) is 0 Å². The van der Waals surface area contributed by atoms with Crippen molar-refractivity contribution in [3.05, 3.63) is 35.4 Å². The molecule has 2 heteroatoms. The van der Waals surface area contributed by atoms with E-state index in [1.807, 2.05) is 0 Å². The van der Waals surface area contributed by atoms with Crippen LogP contribution in [0, 0.1) is 6.92 Å². The van der Waals surface area contributed by atoms with Gasteiger partial charge in [0.05, 0.1) is 0 Å². The summed E-state index contributed by atoms with van der Waals surface area (Å²) < 4.78 is 0. The third kappa shape index (κ3) is 3.08. The molecule has 1 nitrogen and oxygen atoms in total. The summed E-state index contributed by atoms with van der Waals surface area (Å²) in [4.78, 5) is 12.0. The van der Waals surface area contributed by atoms with Gasteiger partial charge in [0.2, 0.25) is 0 Å². The Hall–Kier alpha value is -0.680. The Morgan fingerprint density at radius 1 is 1.05 bits per heavy atom. The van der Waals surface area contributed by atoms with Gasteiger partial charge in [-0.25, -0.2) is 0 Å². The van der Waals surface area contributed by atoms with Crippen molar-refractivity contribution in [2.24, 2.45) is 0 Å². The SMILES string of the molecule is Cc1ccccc1CP1C(C)(C)CC(=O)CC1(C)C. The minimum Gasteiger partial charge on any atom is -0.300 e. The topological polar surface area (TPSA) is 17.1 Å². The molecule has 0 unspecified atom stereocenters. The molecule has 0 saturated carbocycles. The lowest BCUT2D eigenvalue weighted by atomic mass is 9.96. The molecule has 1 saturated heterocycles. The number of aryl methyl sites for hydroxylation is 1. The second kappa shape index (κ2) is 5.02. The van der Waals surface area contributed by atoms with E-state index in [4.69, 9.17) is 0 Å². The van der Waals surface area contributed by atoms with Crippen molar-refractivity contribution >= 4 is 13.7 Å². The molecule has 1 aliphatic rings. The first-order valence-electron chi connectivity index (χ1n) is 7.06. The summed E-state index contributed by atoms with van der Waals surface area (Å²) in [6.07, 6.45) is 2.66. The molecule has 1 aromatic carbocycles. The Balaban J connectivity index is 2.31. The van der Waals surface area contributed by atoms with E-state index in [2.05, 4.69) is 58.9 Å². The van der Waals surface area contributed by atoms with Gasteiger partial charge in [0, 0.05) is 12.8 Å². The largest absolute Gasteiger partial charge is 0.300 e. The maximum Gasteiger partial charge on any atom is 0.134 e. The summed E-state index contributed by atoms with van der Waals surface area (Å²) in [5, 5.41) is 0.326. The Morgan fingerprint density at radius 2 is 1.58 bits per heavy atom. The van der Waals surface area contributed by atoms with Crippen molar-refractivity contribution in [2.45, 2.75) is 63.9 Å². The van der Waals surface area contributed by atoms with Crippen LogP contribution in [-0.2, 0) is 11.0 Å². The number of ketones is 1. The predicted molar refractivity (Wildman–Crippen MR) is 84.2 cm³/mol. The third-order valence-electron chi connectivity index (χ3n) is 4.31. The van der Waals surface area contributed by atoms with Gasteiger partial charge in [-0.1, -0.05) is 59.9 Å². The fourth-order valence-corrected chi connectivity index (χ4v) is 7.35. The summed E-state index contributed by atoms with van der Waals surface area (Å²) in [5.74, 6) is 0.443.